The van der Waals surface area contributed by atoms with Gasteiger partial charge in [0.1, 0.15) is 5.82 Å². The van der Waals surface area contributed by atoms with E-state index in [1.807, 2.05) is 20.8 Å². The molecule has 1 aromatic heterocycles. The van der Waals surface area contributed by atoms with E-state index in [4.69, 9.17) is 6.42 Å². The Hall–Kier alpha value is -1.56. The maximum Gasteiger partial charge on any atom is 0.147 e. The molecule has 1 heterocycles. The summed E-state index contributed by atoms with van der Waals surface area (Å²) < 4.78 is 0. The molecule has 3 heteroatoms. The lowest BCUT2D eigenvalue weighted by molar-refractivity contribution is 0.814. The van der Waals surface area contributed by atoms with E-state index in [-0.39, 0.29) is 6.04 Å². The van der Waals surface area contributed by atoms with Crippen LogP contribution in [0.5, 0.6) is 0 Å². The van der Waals surface area contributed by atoms with E-state index in [2.05, 4.69) is 21.2 Å². The summed E-state index contributed by atoms with van der Waals surface area (Å²) in [5, 5.41) is 3.24. The number of hydrogen-bond donors (Lipinski definition) is 1. The van der Waals surface area contributed by atoms with Gasteiger partial charge in [0.2, 0.25) is 0 Å². The third-order valence-corrected chi connectivity index (χ3v) is 1.88. The Morgan fingerprint density at radius 3 is 2.93 bits per heavy atom. The zero-order valence-corrected chi connectivity index (χ0v) is 8.83. The Balaban J connectivity index is 2.76. The Kier molecular flexibility index (Phi) is 3.47. The molecule has 0 aliphatic carbocycles. The van der Waals surface area contributed by atoms with Crippen molar-refractivity contribution < 1.29 is 0 Å². The highest BCUT2D eigenvalue weighted by Crippen LogP contribution is 2.10. The molecule has 1 unspecified atom stereocenters. The third-order valence-electron chi connectivity index (χ3n) is 1.88. The number of terminal acetylenes is 1. The second kappa shape index (κ2) is 4.61. The number of aromatic nitrogens is 2. The molecule has 1 aromatic rings. The van der Waals surface area contributed by atoms with Gasteiger partial charge in [0.25, 0.3) is 0 Å². The maximum absolute atomic E-state index is 5.23. The molecule has 74 valence electrons. The minimum atomic E-state index is 0.231. The molecule has 0 saturated heterocycles. The maximum atomic E-state index is 5.23. The molecule has 0 fully saturated rings. The zero-order chi connectivity index (χ0) is 10.6. The Bertz CT molecular complexity index is 352. The van der Waals surface area contributed by atoms with Crippen molar-refractivity contribution >= 4 is 5.82 Å². The predicted molar refractivity (Wildman–Crippen MR) is 58.0 cm³/mol. The van der Waals surface area contributed by atoms with Crippen molar-refractivity contribution in [2.45, 2.75) is 33.2 Å². The van der Waals surface area contributed by atoms with Gasteiger partial charge in [-0.25, -0.2) is 4.98 Å². The lowest BCUT2D eigenvalue weighted by Gasteiger charge is -2.13. The number of rotatable bonds is 3. The lowest BCUT2D eigenvalue weighted by atomic mass is 10.2. The highest BCUT2D eigenvalue weighted by atomic mass is 15.0. The molecule has 1 rings (SSSR count). The van der Waals surface area contributed by atoms with Crippen LogP contribution in [-0.2, 0) is 0 Å². The number of nitrogens with one attached hydrogen (secondary N) is 1. The topological polar surface area (TPSA) is 37.8 Å². The molecule has 0 radical (unpaired) electrons. The Morgan fingerprint density at radius 1 is 1.57 bits per heavy atom. The molecule has 0 aliphatic heterocycles. The van der Waals surface area contributed by atoms with Gasteiger partial charge in [-0.2, -0.15) is 0 Å². The van der Waals surface area contributed by atoms with Crippen molar-refractivity contribution in [3.8, 4) is 12.3 Å². The average Bonchev–Trinajstić information content (AvgIpc) is 2.12. The van der Waals surface area contributed by atoms with Gasteiger partial charge in [0.15, 0.2) is 0 Å². The molecule has 0 saturated carbocycles. The lowest BCUT2D eigenvalue weighted by Crippen LogP contribution is -2.16. The molecule has 0 bridgehead atoms. The minimum Gasteiger partial charge on any atom is -0.365 e. The van der Waals surface area contributed by atoms with Gasteiger partial charge in [-0.05, 0) is 20.8 Å². The van der Waals surface area contributed by atoms with E-state index in [1.165, 1.54) is 0 Å². The van der Waals surface area contributed by atoms with Crippen molar-refractivity contribution in [3.63, 3.8) is 0 Å². The van der Waals surface area contributed by atoms with E-state index in [0.29, 0.717) is 6.42 Å². The van der Waals surface area contributed by atoms with Crippen LogP contribution in [0.15, 0.2) is 6.20 Å². The summed E-state index contributed by atoms with van der Waals surface area (Å²) in [5.74, 6) is 3.44. The third kappa shape index (κ3) is 2.74. The molecule has 0 amide bonds. The van der Waals surface area contributed by atoms with Crippen LogP contribution in [0.25, 0.3) is 0 Å². The Labute approximate surface area is 85.0 Å². The van der Waals surface area contributed by atoms with Gasteiger partial charge in [0, 0.05) is 18.7 Å². The van der Waals surface area contributed by atoms with Gasteiger partial charge in [-0.1, -0.05) is 0 Å². The SMILES string of the molecule is C#CCC(C)Nc1nc(C)cnc1C. The van der Waals surface area contributed by atoms with Crippen molar-refractivity contribution in [2.75, 3.05) is 5.32 Å². The first-order valence-electron chi connectivity index (χ1n) is 4.63. The van der Waals surface area contributed by atoms with Crippen LogP contribution >= 0.6 is 0 Å². The number of anilines is 1. The normalized spacial score (nSPS) is 11.9. The summed E-state index contributed by atoms with van der Waals surface area (Å²) in [6.45, 7) is 5.88. The summed E-state index contributed by atoms with van der Waals surface area (Å²) >= 11 is 0. The largest absolute Gasteiger partial charge is 0.365 e. The van der Waals surface area contributed by atoms with Crippen LogP contribution in [0.3, 0.4) is 0 Å². The summed E-state index contributed by atoms with van der Waals surface area (Å²) in [4.78, 5) is 8.57. The standard InChI is InChI=1S/C11H15N3/c1-5-6-8(2)13-11-10(4)12-7-9(3)14-11/h1,7-8H,6H2,2-4H3,(H,13,14). The summed E-state index contributed by atoms with van der Waals surface area (Å²) in [6, 6.07) is 0.231. The molecule has 0 spiro atoms. The van der Waals surface area contributed by atoms with E-state index < -0.39 is 0 Å². The molecular weight excluding hydrogens is 174 g/mol. The van der Waals surface area contributed by atoms with Crippen LogP contribution in [0, 0.1) is 26.2 Å². The van der Waals surface area contributed by atoms with Crippen LogP contribution < -0.4 is 5.32 Å². The molecule has 1 atom stereocenters. The first-order valence-corrected chi connectivity index (χ1v) is 4.63. The van der Waals surface area contributed by atoms with Crippen molar-refractivity contribution in [3.05, 3.63) is 17.6 Å². The fraction of sp³-hybridized carbons (Fsp3) is 0.455. The van der Waals surface area contributed by atoms with Crippen molar-refractivity contribution in [1.29, 1.82) is 0 Å². The number of aryl methyl sites for hydroxylation is 2. The van der Waals surface area contributed by atoms with Gasteiger partial charge in [0.05, 0.1) is 11.4 Å². The first-order chi connectivity index (χ1) is 6.63. The van der Waals surface area contributed by atoms with Crippen LogP contribution in [-0.4, -0.2) is 16.0 Å². The highest BCUT2D eigenvalue weighted by molar-refractivity contribution is 5.40. The van der Waals surface area contributed by atoms with E-state index in [9.17, 15) is 0 Å². The summed E-state index contributed by atoms with van der Waals surface area (Å²) in [7, 11) is 0. The smallest absolute Gasteiger partial charge is 0.147 e. The van der Waals surface area contributed by atoms with Crippen LogP contribution in [0.2, 0.25) is 0 Å². The van der Waals surface area contributed by atoms with Crippen molar-refractivity contribution in [1.82, 2.24) is 9.97 Å². The molecule has 0 aliphatic rings. The Morgan fingerprint density at radius 2 is 2.29 bits per heavy atom. The summed E-state index contributed by atoms with van der Waals surface area (Å²) in [6.07, 6.45) is 7.67. The number of nitrogens with zero attached hydrogens (tertiary/aromatic N) is 2. The second-order valence-corrected chi connectivity index (χ2v) is 3.40. The predicted octanol–water partition coefficient (Wildman–Crippen LogP) is 1.92. The highest BCUT2D eigenvalue weighted by Gasteiger charge is 2.05. The number of hydrogen-bond acceptors (Lipinski definition) is 3. The van der Waals surface area contributed by atoms with Gasteiger partial charge < -0.3 is 5.32 Å². The molecule has 3 nitrogen and oxygen atoms in total. The van der Waals surface area contributed by atoms with Crippen LogP contribution in [0.4, 0.5) is 5.82 Å². The van der Waals surface area contributed by atoms with E-state index >= 15 is 0 Å². The quantitative estimate of drug-likeness (QED) is 0.738. The molecule has 14 heavy (non-hydrogen) atoms. The first kappa shape index (κ1) is 10.5. The van der Waals surface area contributed by atoms with Crippen LogP contribution in [0.1, 0.15) is 24.7 Å². The van der Waals surface area contributed by atoms with Gasteiger partial charge in [-0.3, -0.25) is 4.98 Å². The monoisotopic (exact) mass is 189 g/mol. The fourth-order valence-electron chi connectivity index (χ4n) is 1.14. The molecule has 0 aromatic carbocycles. The average molecular weight is 189 g/mol. The second-order valence-electron chi connectivity index (χ2n) is 3.40. The van der Waals surface area contributed by atoms with Gasteiger partial charge in [-0.15, -0.1) is 12.3 Å². The zero-order valence-electron chi connectivity index (χ0n) is 8.83. The van der Waals surface area contributed by atoms with E-state index in [0.717, 1.165) is 17.2 Å². The van der Waals surface area contributed by atoms with E-state index in [1.54, 1.807) is 6.20 Å². The molecule has 1 N–H and O–H groups in total. The minimum absolute atomic E-state index is 0.231. The van der Waals surface area contributed by atoms with Crippen molar-refractivity contribution in [2.24, 2.45) is 0 Å². The summed E-state index contributed by atoms with van der Waals surface area (Å²) in [5.41, 5.74) is 1.81. The molecular formula is C11H15N3. The van der Waals surface area contributed by atoms with Gasteiger partial charge >= 0.3 is 0 Å². The fourth-order valence-corrected chi connectivity index (χ4v) is 1.14.